The number of anilines is 1. The Morgan fingerprint density at radius 3 is 2.74 bits per heavy atom. The number of aryl methyl sites for hydroxylation is 2. The van der Waals surface area contributed by atoms with E-state index < -0.39 is 0 Å². The molecule has 2 aromatic heterocycles. The summed E-state index contributed by atoms with van der Waals surface area (Å²) < 4.78 is 1.32. The summed E-state index contributed by atoms with van der Waals surface area (Å²) in [6, 6.07) is 8.48. The Labute approximate surface area is 116 Å². The molecule has 3 aromatic rings. The molecule has 0 aliphatic rings. The first kappa shape index (κ1) is 12.1. The first-order valence-corrected chi connectivity index (χ1v) is 7.07. The minimum Gasteiger partial charge on any atom is -0.373 e. The molecular weight excluding hydrogens is 254 g/mol. The van der Waals surface area contributed by atoms with Gasteiger partial charge in [0.15, 0.2) is 0 Å². The van der Waals surface area contributed by atoms with Gasteiger partial charge >= 0.3 is 0 Å². The summed E-state index contributed by atoms with van der Waals surface area (Å²) in [5.74, 6) is 1.63. The third-order valence-corrected chi connectivity index (χ3v) is 4.24. The number of hydrogen-bond acceptors (Lipinski definition) is 4. The topological polar surface area (TPSA) is 37.8 Å². The van der Waals surface area contributed by atoms with E-state index in [0.717, 1.165) is 22.9 Å². The van der Waals surface area contributed by atoms with Crippen LogP contribution in [0, 0.1) is 13.8 Å². The number of thiophene rings is 1. The van der Waals surface area contributed by atoms with Crippen molar-refractivity contribution < 1.29 is 0 Å². The fourth-order valence-electron chi connectivity index (χ4n) is 2.16. The second-order valence-corrected chi connectivity index (χ2v) is 5.48. The Hall–Kier alpha value is -1.94. The summed E-state index contributed by atoms with van der Waals surface area (Å²) in [4.78, 5) is 8.85. The predicted molar refractivity (Wildman–Crippen MR) is 81.9 cm³/mol. The first-order chi connectivity index (χ1) is 9.17. The number of nitrogens with zero attached hydrogens (tertiary/aromatic N) is 2. The van der Waals surface area contributed by atoms with Gasteiger partial charge in [0.05, 0.1) is 5.69 Å². The van der Waals surface area contributed by atoms with Gasteiger partial charge in [0.1, 0.15) is 11.6 Å². The maximum Gasteiger partial charge on any atom is 0.130 e. The van der Waals surface area contributed by atoms with E-state index in [9.17, 15) is 0 Å². The molecule has 0 amide bonds. The number of fused-ring (bicyclic) bond motifs is 1. The molecule has 19 heavy (non-hydrogen) atoms. The molecule has 4 heteroatoms. The molecule has 1 aromatic carbocycles. The van der Waals surface area contributed by atoms with Crippen LogP contribution in [0.4, 0.5) is 5.82 Å². The van der Waals surface area contributed by atoms with Crippen LogP contribution >= 0.6 is 11.3 Å². The molecular formula is C15H15N3S. The SMILES string of the molecule is CNc1cc(-c2ccc3scc(C)c3c2)nc(C)n1. The molecule has 0 bridgehead atoms. The number of aromatic nitrogens is 2. The summed E-state index contributed by atoms with van der Waals surface area (Å²) in [5.41, 5.74) is 3.42. The lowest BCUT2D eigenvalue weighted by atomic mass is 10.1. The van der Waals surface area contributed by atoms with E-state index in [1.165, 1.54) is 15.6 Å². The Bertz CT molecular complexity index is 746. The normalized spacial score (nSPS) is 10.9. The molecule has 0 saturated heterocycles. The van der Waals surface area contributed by atoms with Crippen LogP contribution in [0.3, 0.4) is 0 Å². The molecule has 0 aliphatic carbocycles. The summed E-state index contributed by atoms with van der Waals surface area (Å²) in [7, 11) is 1.87. The third kappa shape index (κ3) is 2.19. The van der Waals surface area contributed by atoms with Crippen molar-refractivity contribution in [2.45, 2.75) is 13.8 Å². The lowest BCUT2D eigenvalue weighted by Gasteiger charge is -2.06. The molecule has 96 valence electrons. The van der Waals surface area contributed by atoms with E-state index in [1.54, 1.807) is 11.3 Å². The lowest BCUT2D eigenvalue weighted by molar-refractivity contribution is 1.06. The van der Waals surface area contributed by atoms with Gasteiger partial charge in [-0.25, -0.2) is 9.97 Å². The van der Waals surface area contributed by atoms with Gasteiger partial charge in [-0.15, -0.1) is 11.3 Å². The van der Waals surface area contributed by atoms with Crippen molar-refractivity contribution in [3.63, 3.8) is 0 Å². The van der Waals surface area contributed by atoms with Crippen LogP contribution in [0.2, 0.25) is 0 Å². The predicted octanol–water partition coefficient (Wildman–Crippen LogP) is 4.02. The van der Waals surface area contributed by atoms with Gasteiger partial charge in [0.25, 0.3) is 0 Å². The van der Waals surface area contributed by atoms with Gasteiger partial charge in [-0.1, -0.05) is 6.07 Å². The van der Waals surface area contributed by atoms with Gasteiger partial charge in [-0.2, -0.15) is 0 Å². The number of rotatable bonds is 2. The summed E-state index contributed by atoms with van der Waals surface area (Å²) in [5, 5.41) is 6.58. The highest BCUT2D eigenvalue weighted by Crippen LogP contribution is 2.30. The van der Waals surface area contributed by atoms with Gasteiger partial charge < -0.3 is 5.32 Å². The van der Waals surface area contributed by atoms with Crippen LogP contribution in [-0.2, 0) is 0 Å². The standard InChI is InChI=1S/C15H15N3S/c1-9-8-19-14-5-4-11(6-12(9)14)13-7-15(16-3)18-10(2)17-13/h4-8H,1-3H3,(H,16,17,18). The molecule has 0 atom stereocenters. The second-order valence-electron chi connectivity index (χ2n) is 4.57. The van der Waals surface area contributed by atoms with Crippen molar-refractivity contribution >= 4 is 27.2 Å². The van der Waals surface area contributed by atoms with Crippen LogP contribution in [0.1, 0.15) is 11.4 Å². The summed E-state index contributed by atoms with van der Waals surface area (Å²) in [6.07, 6.45) is 0. The number of nitrogens with one attached hydrogen (secondary N) is 1. The fraction of sp³-hybridized carbons (Fsp3) is 0.200. The maximum atomic E-state index is 4.53. The van der Waals surface area contributed by atoms with Crippen LogP contribution in [0.15, 0.2) is 29.6 Å². The van der Waals surface area contributed by atoms with Gasteiger partial charge in [-0.3, -0.25) is 0 Å². The first-order valence-electron chi connectivity index (χ1n) is 6.19. The van der Waals surface area contributed by atoms with E-state index in [0.29, 0.717) is 0 Å². The second kappa shape index (κ2) is 4.63. The van der Waals surface area contributed by atoms with Crippen molar-refractivity contribution in [3.8, 4) is 11.3 Å². The van der Waals surface area contributed by atoms with Gasteiger partial charge in [0, 0.05) is 23.4 Å². The Kier molecular flexibility index (Phi) is 2.95. The van der Waals surface area contributed by atoms with Crippen LogP contribution < -0.4 is 5.32 Å². The zero-order chi connectivity index (χ0) is 13.4. The molecule has 1 N–H and O–H groups in total. The van der Waals surface area contributed by atoms with Crippen molar-refractivity contribution in [1.29, 1.82) is 0 Å². The number of hydrogen-bond donors (Lipinski definition) is 1. The Morgan fingerprint density at radius 1 is 1.11 bits per heavy atom. The van der Waals surface area contributed by atoms with Crippen molar-refractivity contribution in [3.05, 3.63) is 41.0 Å². The quantitative estimate of drug-likeness (QED) is 0.763. The zero-order valence-electron chi connectivity index (χ0n) is 11.2. The summed E-state index contributed by atoms with van der Waals surface area (Å²) in [6.45, 7) is 4.06. The molecule has 0 aliphatic heterocycles. The third-order valence-electron chi connectivity index (χ3n) is 3.16. The van der Waals surface area contributed by atoms with Gasteiger partial charge in [-0.05, 0) is 42.3 Å². The Balaban J connectivity index is 2.17. The van der Waals surface area contributed by atoms with E-state index in [4.69, 9.17) is 0 Å². The molecule has 3 nitrogen and oxygen atoms in total. The smallest absolute Gasteiger partial charge is 0.130 e. The van der Waals surface area contributed by atoms with Crippen LogP contribution in [-0.4, -0.2) is 17.0 Å². The van der Waals surface area contributed by atoms with Crippen molar-refractivity contribution in [2.75, 3.05) is 12.4 Å². The minimum atomic E-state index is 0.781. The fourth-order valence-corrected chi connectivity index (χ4v) is 3.08. The highest BCUT2D eigenvalue weighted by Gasteiger charge is 2.06. The molecule has 2 heterocycles. The average Bonchev–Trinajstić information content (AvgIpc) is 2.79. The van der Waals surface area contributed by atoms with Crippen molar-refractivity contribution in [2.24, 2.45) is 0 Å². The zero-order valence-corrected chi connectivity index (χ0v) is 12.0. The molecule has 0 saturated carbocycles. The number of benzene rings is 1. The maximum absolute atomic E-state index is 4.53. The summed E-state index contributed by atoms with van der Waals surface area (Å²) >= 11 is 1.78. The lowest BCUT2D eigenvalue weighted by Crippen LogP contribution is -1.98. The van der Waals surface area contributed by atoms with Gasteiger partial charge in [0.2, 0.25) is 0 Å². The van der Waals surface area contributed by atoms with Crippen molar-refractivity contribution in [1.82, 2.24) is 9.97 Å². The largest absolute Gasteiger partial charge is 0.373 e. The van der Waals surface area contributed by atoms with E-state index in [1.807, 2.05) is 20.0 Å². The van der Waals surface area contributed by atoms with E-state index >= 15 is 0 Å². The molecule has 0 radical (unpaired) electrons. The highest BCUT2D eigenvalue weighted by molar-refractivity contribution is 7.17. The van der Waals surface area contributed by atoms with E-state index in [-0.39, 0.29) is 0 Å². The molecule has 0 unspecified atom stereocenters. The minimum absolute atomic E-state index is 0.781. The Morgan fingerprint density at radius 2 is 1.95 bits per heavy atom. The molecule has 0 fully saturated rings. The highest BCUT2D eigenvalue weighted by atomic mass is 32.1. The monoisotopic (exact) mass is 269 g/mol. The van der Waals surface area contributed by atoms with E-state index in [2.05, 4.69) is 45.8 Å². The molecule has 0 spiro atoms. The molecule has 3 rings (SSSR count). The average molecular weight is 269 g/mol. The van der Waals surface area contributed by atoms with Crippen LogP contribution in [0.5, 0.6) is 0 Å². The van der Waals surface area contributed by atoms with Crippen LogP contribution in [0.25, 0.3) is 21.3 Å².